The molecule has 4 N–H and O–H groups in total. The number of amides is 2. The first kappa shape index (κ1) is 25.0. The smallest absolute Gasteiger partial charge is 0.259 e. The van der Waals surface area contributed by atoms with Gasteiger partial charge in [-0.05, 0) is 79.6 Å². The summed E-state index contributed by atoms with van der Waals surface area (Å²) in [4.78, 5) is 36.3. The highest BCUT2D eigenvalue weighted by molar-refractivity contribution is 6.06. The van der Waals surface area contributed by atoms with Crippen LogP contribution in [0.1, 0.15) is 33.6 Å². The Bertz CT molecular complexity index is 1360. The average Bonchev–Trinajstić information content (AvgIpc) is 3.49. The second kappa shape index (κ2) is 11.2. The average molecular weight is 511 g/mol. The molecule has 1 fully saturated rings. The number of aliphatic hydroxyl groups is 1. The molecular formula is C29H30N6O3. The minimum absolute atomic E-state index is 0.0926. The van der Waals surface area contributed by atoms with Crippen molar-refractivity contribution in [1.82, 2.24) is 9.97 Å². The quantitative estimate of drug-likeness (QED) is 0.288. The van der Waals surface area contributed by atoms with E-state index < -0.39 is 0 Å². The number of carbonyl (C=O) groups is 2. The first-order valence-electron chi connectivity index (χ1n) is 12.5. The molecule has 0 bridgehead atoms. The van der Waals surface area contributed by atoms with Gasteiger partial charge in [0.15, 0.2) is 0 Å². The van der Waals surface area contributed by atoms with Gasteiger partial charge in [-0.3, -0.25) is 9.59 Å². The van der Waals surface area contributed by atoms with Crippen molar-refractivity contribution in [2.45, 2.75) is 18.9 Å². The SMILES string of the molecule is CN(C(=O)c1cc[nH]c1)c1ccc(Nc2ccc(NC(=O)c3ccc(N4CCC(O)CC4)cc3)cn2)cc1. The molecule has 1 aliphatic heterocycles. The summed E-state index contributed by atoms with van der Waals surface area (Å²) in [7, 11) is 1.74. The fourth-order valence-corrected chi connectivity index (χ4v) is 4.38. The number of benzene rings is 2. The number of aliphatic hydroxyl groups excluding tert-OH is 1. The number of rotatable bonds is 7. The van der Waals surface area contributed by atoms with Gasteiger partial charge in [-0.25, -0.2) is 4.98 Å². The van der Waals surface area contributed by atoms with Crippen molar-refractivity contribution in [2.75, 3.05) is 40.6 Å². The molecule has 0 spiro atoms. The molecular weight excluding hydrogens is 480 g/mol. The van der Waals surface area contributed by atoms with Crippen molar-refractivity contribution < 1.29 is 14.7 Å². The zero-order valence-corrected chi connectivity index (χ0v) is 21.1. The summed E-state index contributed by atoms with van der Waals surface area (Å²) in [6.07, 6.45) is 6.30. The first-order chi connectivity index (χ1) is 18.5. The molecule has 1 saturated heterocycles. The fraction of sp³-hybridized carbons (Fsp3) is 0.207. The van der Waals surface area contributed by atoms with Crippen LogP contribution in [0, 0.1) is 0 Å². The van der Waals surface area contributed by atoms with E-state index in [2.05, 4.69) is 25.5 Å². The molecule has 9 nitrogen and oxygen atoms in total. The van der Waals surface area contributed by atoms with Gasteiger partial charge in [0.2, 0.25) is 0 Å². The Balaban J connectivity index is 1.15. The maximum atomic E-state index is 12.7. The number of carbonyl (C=O) groups excluding carboxylic acids is 2. The third-order valence-electron chi connectivity index (χ3n) is 6.66. The van der Waals surface area contributed by atoms with E-state index in [1.807, 2.05) is 48.5 Å². The van der Waals surface area contributed by atoms with Crippen LogP contribution in [0.2, 0.25) is 0 Å². The second-order valence-corrected chi connectivity index (χ2v) is 9.29. The number of piperidine rings is 1. The molecule has 4 aromatic rings. The zero-order valence-electron chi connectivity index (χ0n) is 21.1. The van der Waals surface area contributed by atoms with Crippen molar-refractivity contribution in [3.8, 4) is 0 Å². The van der Waals surface area contributed by atoms with Crippen molar-refractivity contribution in [3.63, 3.8) is 0 Å². The Morgan fingerprint density at radius 1 is 0.947 bits per heavy atom. The predicted octanol–water partition coefficient (Wildman–Crippen LogP) is 4.64. The minimum Gasteiger partial charge on any atom is -0.393 e. The number of anilines is 5. The molecule has 0 unspecified atom stereocenters. The standard InChI is InChI=1S/C29H30N6O3/c1-34(29(38)21-12-15-30-18-21)24-9-4-22(5-10-24)32-27-11-6-23(19-31-27)33-28(37)20-2-7-25(8-3-20)35-16-13-26(36)14-17-35/h2-12,15,18-19,26,30,36H,13-14,16-17H2,1H3,(H,31,32)(H,33,37). The number of nitrogens with zero attached hydrogens (tertiary/aromatic N) is 3. The molecule has 5 rings (SSSR count). The fourth-order valence-electron chi connectivity index (χ4n) is 4.38. The van der Waals surface area contributed by atoms with E-state index in [-0.39, 0.29) is 17.9 Å². The molecule has 38 heavy (non-hydrogen) atoms. The lowest BCUT2D eigenvalue weighted by Crippen LogP contribution is -2.35. The highest BCUT2D eigenvalue weighted by Gasteiger charge is 2.18. The lowest BCUT2D eigenvalue weighted by Gasteiger charge is -2.31. The van der Waals surface area contributed by atoms with Crippen molar-refractivity contribution in [2.24, 2.45) is 0 Å². The highest BCUT2D eigenvalue weighted by Crippen LogP contribution is 2.23. The molecule has 9 heteroatoms. The molecule has 1 aliphatic rings. The van der Waals surface area contributed by atoms with Crippen LogP contribution in [0.3, 0.4) is 0 Å². The second-order valence-electron chi connectivity index (χ2n) is 9.29. The molecule has 0 atom stereocenters. The van der Waals surface area contributed by atoms with Crippen LogP contribution >= 0.6 is 0 Å². The maximum absolute atomic E-state index is 12.7. The Morgan fingerprint density at radius 2 is 1.66 bits per heavy atom. The van der Waals surface area contributed by atoms with Crippen molar-refractivity contribution in [1.29, 1.82) is 0 Å². The molecule has 0 saturated carbocycles. The molecule has 2 aromatic carbocycles. The molecule has 2 aromatic heterocycles. The van der Waals surface area contributed by atoms with Gasteiger partial charge < -0.3 is 30.5 Å². The maximum Gasteiger partial charge on any atom is 0.259 e. The summed E-state index contributed by atoms with van der Waals surface area (Å²) in [5.41, 5.74) is 4.40. The summed E-state index contributed by atoms with van der Waals surface area (Å²) in [6, 6.07) is 20.3. The van der Waals surface area contributed by atoms with Gasteiger partial charge in [-0.15, -0.1) is 0 Å². The topological polar surface area (TPSA) is 114 Å². The third kappa shape index (κ3) is 5.84. The van der Waals surface area contributed by atoms with Crippen LogP contribution in [0.4, 0.5) is 28.6 Å². The van der Waals surface area contributed by atoms with E-state index in [1.165, 1.54) is 0 Å². The van der Waals surface area contributed by atoms with Crippen LogP contribution in [0.5, 0.6) is 0 Å². The van der Waals surface area contributed by atoms with Crippen molar-refractivity contribution >= 4 is 40.4 Å². The minimum atomic E-state index is -0.216. The summed E-state index contributed by atoms with van der Waals surface area (Å²) >= 11 is 0. The Labute approximate surface area is 221 Å². The normalized spacial score (nSPS) is 13.7. The van der Waals surface area contributed by atoms with Gasteiger partial charge in [0.1, 0.15) is 5.82 Å². The van der Waals surface area contributed by atoms with Crippen LogP contribution in [-0.2, 0) is 0 Å². The van der Waals surface area contributed by atoms with E-state index in [4.69, 9.17) is 0 Å². The zero-order chi connectivity index (χ0) is 26.5. The van der Waals surface area contributed by atoms with Crippen LogP contribution < -0.4 is 20.4 Å². The molecule has 0 radical (unpaired) electrons. The first-order valence-corrected chi connectivity index (χ1v) is 12.5. The molecule has 0 aliphatic carbocycles. The lowest BCUT2D eigenvalue weighted by molar-refractivity contribution is 0.0991. The van der Waals surface area contributed by atoms with E-state index in [9.17, 15) is 14.7 Å². The Hall–Kier alpha value is -4.63. The number of aromatic amines is 1. The largest absolute Gasteiger partial charge is 0.393 e. The van der Waals surface area contributed by atoms with Gasteiger partial charge in [0.25, 0.3) is 11.8 Å². The van der Waals surface area contributed by atoms with Crippen LogP contribution in [-0.4, -0.2) is 53.1 Å². The summed E-state index contributed by atoms with van der Waals surface area (Å²) in [5.74, 6) is 0.329. The number of H-pyrrole nitrogens is 1. The molecule has 3 heterocycles. The van der Waals surface area contributed by atoms with E-state index in [0.717, 1.165) is 43.0 Å². The monoisotopic (exact) mass is 510 g/mol. The highest BCUT2D eigenvalue weighted by atomic mass is 16.3. The van der Waals surface area contributed by atoms with E-state index in [1.54, 1.807) is 48.7 Å². The number of hydrogen-bond acceptors (Lipinski definition) is 6. The number of hydrogen-bond donors (Lipinski definition) is 4. The lowest BCUT2D eigenvalue weighted by atomic mass is 10.1. The summed E-state index contributed by atoms with van der Waals surface area (Å²) < 4.78 is 0. The van der Waals surface area contributed by atoms with Gasteiger partial charge in [0.05, 0.1) is 23.6 Å². The van der Waals surface area contributed by atoms with Crippen LogP contribution in [0.15, 0.2) is 85.3 Å². The Kier molecular flexibility index (Phi) is 7.37. The summed E-state index contributed by atoms with van der Waals surface area (Å²) in [6.45, 7) is 1.63. The van der Waals surface area contributed by atoms with Gasteiger partial charge in [-0.2, -0.15) is 0 Å². The molecule has 2 amide bonds. The van der Waals surface area contributed by atoms with Gasteiger partial charge in [0, 0.05) is 55.2 Å². The number of nitrogens with one attached hydrogen (secondary N) is 3. The Morgan fingerprint density at radius 3 is 2.29 bits per heavy atom. The van der Waals surface area contributed by atoms with Gasteiger partial charge >= 0.3 is 0 Å². The number of aromatic nitrogens is 2. The predicted molar refractivity (Wildman–Crippen MR) is 149 cm³/mol. The van der Waals surface area contributed by atoms with E-state index in [0.29, 0.717) is 22.6 Å². The van der Waals surface area contributed by atoms with E-state index >= 15 is 0 Å². The third-order valence-corrected chi connectivity index (χ3v) is 6.66. The number of pyridine rings is 1. The molecule has 194 valence electrons. The van der Waals surface area contributed by atoms with Crippen molar-refractivity contribution in [3.05, 3.63) is 96.4 Å². The van der Waals surface area contributed by atoms with Crippen LogP contribution in [0.25, 0.3) is 0 Å². The summed E-state index contributed by atoms with van der Waals surface area (Å²) in [5, 5.41) is 15.8. The van der Waals surface area contributed by atoms with Gasteiger partial charge in [-0.1, -0.05) is 0 Å².